The van der Waals surface area contributed by atoms with Gasteiger partial charge in [-0.1, -0.05) is 26.8 Å². The molecule has 1 aromatic rings. The van der Waals surface area contributed by atoms with Crippen LogP contribution in [0.4, 0.5) is 10.5 Å². The molecule has 1 aliphatic carbocycles. The van der Waals surface area contributed by atoms with Crippen LogP contribution in [-0.4, -0.2) is 12.1 Å². The van der Waals surface area contributed by atoms with Crippen LogP contribution in [-0.2, 0) is 6.42 Å². The fourth-order valence-corrected chi connectivity index (χ4v) is 2.13. The lowest BCUT2D eigenvalue weighted by molar-refractivity contribution is 0.251. The number of hydrogen-bond acceptors (Lipinski definition) is 1. The summed E-state index contributed by atoms with van der Waals surface area (Å²) in [4.78, 5) is 11.7. The zero-order valence-corrected chi connectivity index (χ0v) is 11.4. The number of amides is 2. The SMILES string of the molecule is CCc1cc(NC(=O)NC2CC2)ccc1C(C)C. The number of nitrogens with one attached hydrogen (secondary N) is 2. The van der Waals surface area contributed by atoms with E-state index in [0.717, 1.165) is 24.9 Å². The maximum atomic E-state index is 11.7. The minimum absolute atomic E-state index is 0.0862. The number of carbonyl (C=O) groups excluding carboxylic acids is 1. The Morgan fingerprint density at radius 2 is 2.11 bits per heavy atom. The summed E-state index contributed by atoms with van der Waals surface area (Å²) >= 11 is 0. The van der Waals surface area contributed by atoms with E-state index in [4.69, 9.17) is 0 Å². The Kier molecular flexibility index (Phi) is 3.90. The molecule has 3 nitrogen and oxygen atoms in total. The van der Waals surface area contributed by atoms with Gasteiger partial charge in [-0.15, -0.1) is 0 Å². The smallest absolute Gasteiger partial charge is 0.319 e. The lowest BCUT2D eigenvalue weighted by Gasteiger charge is -2.14. The standard InChI is InChI=1S/C15H22N2O/c1-4-11-9-13(7-8-14(11)10(2)3)17-15(18)16-12-5-6-12/h7-10,12H,4-6H2,1-3H3,(H2,16,17,18). The van der Waals surface area contributed by atoms with E-state index in [9.17, 15) is 4.79 Å². The van der Waals surface area contributed by atoms with Gasteiger partial charge in [-0.05, 0) is 48.4 Å². The summed E-state index contributed by atoms with van der Waals surface area (Å²) in [5.74, 6) is 0.522. The van der Waals surface area contributed by atoms with Crippen molar-refractivity contribution in [2.24, 2.45) is 0 Å². The highest BCUT2D eigenvalue weighted by Crippen LogP contribution is 2.24. The zero-order chi connectivity index (χ0) is 13.1. The van der Waals surface area contributed by atoms with Gasteiger partial charge in [0.05, 0.1) is 0 Å². The molecule has 1 fully saturated rings. The van der Waals surface area contributed by atoms with Crippen molar-refractivity contribution >= 4 is 11.7 Å². The molecule has 2 N–H and O–H groups in total. The predicted molar refractivity (Wildman–Crippen MR) is 75.1 cm³/mol. The van der Waals surface area contributed by atoms with Crippen molar-refractivity contribution in [1.82, 2.24) is 5.32 Å². The molecule has 0 aromatic heterocycles. The van der Waals surface area contributed by atoms with Crippen molar-refractivity contribution in [3.63, 3.8) is 0 Å². The van der Waals surface area contributed by atoms with Crippen molar-refractivity contribution < 1.29 is 4.79 Å². The van der Waals surface area contributed by atoms with Crippen LogP contribution in [0.25, 0.3) is 0 Å². The first-order valence-electron chi connectivity index (χ1n) is 6.80. The first kappa shape index (κ1) is 12.9. The average molecular weight is 246 g/mol. The Morgan fingerprint density at radius 3 is 2.67 bits per heavy atom. The highest BCUT2D eigenvalue weighted by Gasteiger charge is 2.23. The van der Waals surface area contributed by atoms with Crippen LogP contribution in [0, 0.1) is 0 Å². The number of rotatable bonds is 4. The van der Waals surface area contributed by atoms with E-state index in [-0.39, 0.29) is 6.03 Å². The van der Waals surface area contributed by atoms with Gasteiger partial charge in [0, 0.05) is 11.7 Å². The van der Waals surface area contributed by atoms with Gasteiger partial charge in [0.1, 0.15) is 0 Å². The molecule has 98 valence electrons. The van der Waals surface area contributed by atoms with E-state index in [1.807, 2.05) is 6.07 Å². The zero-order valence-electron chi connectivity index (χ0n) is 11.4. The molecule has 2 amide bonds. The fourth-order valence-electron chi connectivity index (χ4n) is 2.13. The predicted octanol–water partition coefficient (Wildman–Crippen LogP) is 3.66. The topological polar surface area (TPSA) is 41.1 Å². The third-order valence-electron chi connectivity index (χ3n) is 3.32. The fraction of sp³-hybridized carbons (Fsp3) is 0.533. The molecular formula is C15H22N2O. The number of aryl methyl sites for hydroxylation is 1. The average Bonchev–Trinajstić information content (AvgIpc) is 3.12. The van der Waals surface area contributed by atoms with Gasteiger partial charge in [0.2, 0.25) is 0 Å². The van der Waals surface area contributed by atoms with Crippen LogP contribution in [0.3, 0.4) is 0 Å². The minimum Gasteiger partial charge on any atom is -0.335 e. The number of benzene rings is 1. The summed E-state index contributed by atoms with van der Waals surface area (Å²) in [5.41, 5.74) is 3.56. The minimum atomic E-state index is -0.0862. The Balaban J connectivity index is 2.06. The summed E-state index contributed by atoms with van der Waals surface area (Å²) < 4.78 is 0. The molecule has 1 aromatic carbocycles. The molecule has 2 rings (SSSR count). The van der Waals surface area contributed by atoms with Crippen LogP contribution in [0.15, 0.2) is 18.2 Å². The Labute approximate surface area is 109 Å². The summed E-state index contributed by atoms with van der Waals surface area (Å²) in [6.45, 7) is 6.54. The molecule has 18 heavy (non-hydrogen) atoms. The van der Waals surface area contributed by atoms with Crippen molar-refractivity contribution in [3.05, 3.63) is 29.3 Å². The highest BCUT2D eigenvalue weighted by atomic mass is 16.2. The summed E-state index contributed by atoms with van der Waals surface area (Å²) in [5, 5.41) is 5.83. The maximum Gasteiger partial charge on any atom is 0.319 e. The second kappa shape index (κ2) is 5.42. The second-order valence-corrected chi connectivity index (χ2v) is 5.29. The first-order chi connectivity index (χ1) is 8.60. The lowest BCUT2D eigenvalue weighted by Crippen LogP contribution is -2.30. The molecule has 0 spiro atoms. The number of hydrogen-bond donors (Lipinski definition) is 2. The van der Waals surface area contributed by atoms with Crippen LogP contribution in [0.5, 0.6) is 0 Å². The molecular weight excluding hydrogens is 224 g/mol. The molecule has 0 saturated heterocycles. The first-order valence-corrected chi connectivity index (χ1v) is 6.80. The van der Waals surface area contributed by atoms with Crippen molar-refractivity contribution in [2.45, 2.75) is 52.0 Å². The molecule has 1 saturated carbocycles. The largest absolute Gasteiger partial charge is 0.335 e. The summed E-state index contributed by atoms with van der Waals surface area (Å²) in [6, 6.07) is 6.50. The van der Waals surface area contributed by atoms with E-state index in [1.54, 1.807) is 0 Å². The highest BCUT2D eigenvalue weighted by molar-refractivity contribution is 5.89. The van der Waals surface area contributed by atoms with E-state index in [1.165, 1.54) is 11.1 Å². The van der Waals surface area contributed by atoms with Crippen LogP contribution in [0.1, 0.15) is 50.7 Å². The van der Waals surface area contributed by atoms with E-state index < -0.39 is 0 Å². The molecule has 0 heterocycles. The molecule has 3 heteroatoms. The van der Waals surface area contributed by atoms with Crippen molar-refractivity contribution in [3.8, 4) is 0 Å². The monoisotopic (exact) mass is 246 g/mol. The summed E-state index contributed by atoms with van der Waals surface area (Å²) in [6.07, 6.45) is 3.22. The van der Waals surface area contributed by atoms with Crippen molar-refractivity contribution in [2.75, 3.05) is 5.32 Å². The van der Waals surface area contributed by atoms with E-state index in [2.05, 4.69) is 43.5 Å². The number of urea groups is 1. The Morgan fingerprint density at radius 1 is 1.39 bits per heavy atom. The van der Waals surface area contributed by atoms with E-state index >= 15 is 0 Å². The van der Waals surface area contributed by atoms with Crippen LogP contribution in [0.2, 0.25) is 0 Å². The quantitative estimate of drug-likeness (QED) is 0.836. The van der Waals surface area contributed by atoms with Gasteiger partial charge < -0.3 is 10.6 Å². The third kappa shape index (κ3) is 3.25. The van der Waals surface area contributed by atoms with Gasteiger partial charge in [0.25, 0.3) is 0 Å². The van der Waals surface area contributed by atoms with Gasteiger partial charge in [-0.2, -0.15) is 0 Å². The van der Waals surface area contributed by atoms with Crippen molar-refractivity contribution in [1.29, 1.82) is 0 Å². The Hall–Kier alpha value is -1.51. The van der Waals surface area contributed by atoms with Gasteiger partial charge in [-0.25, -0.2) is 4.79 Å². The molecule has 0 bridgehead atoms. The second-order valence-electron chi connectivity index (χ2n) is 5.29. The molecule has 0 radical (unpaired) electrons. The third-order valence-corrected chi connectivity index (χ3v) is 3.32. The number of carbonyl (C=O) groups is 1. The van der Waals surface area contributed by atoms with Gasteiger partial charge >= 0.3 is 6.03 Å². The van der Waals surface area contributed by atoms with Crippen LogP contribution < -0.4 is 10.6 Å². The molecule has 1 aliphatic rings. The Bertz CT molecular complexity index is 436. The summed E-state index contributed by atoms with van der Waals surface area (Å²) in [7, 11) is 0. The molecule has 0 atom stereocenters. The number of anilines is 1. The van der Waals surface area contributed by atoms with E-state index in [0.29, 0.717) is 12.0 Å². The normalized spacial score (nSPS) is 14.7. The van der Waals surface area contributed by atoms with Gasteiger partial charge in [-0.3, -0.25) is 0 Å². The van der Waals surface area contributed by atoms with Crippen LogP contribution >= 0.6 is 0 Å². The van der Waals surface area contributed by atoms with Gasteiger partial charge in [0.15, 0.2) is 0 Å². The molecule has 0 aliphatic heterocycles. The molecule has 0 unspecified atom stereocenters. The maximum absolute atomic E-state index is 11.7. The lowest BCUT2D eigenvalue weighted by atomic mass is 9.95.